The van der Waals surface area contributed by atoms with E-state index in [0.29, 0.717) is 6.61 Å². The molecule has 0 amide bonds. The third kappa shape index (κ3) is 3.61. The maximum Gasteiger partial charge on any atom is 0.146 e. The van der Waals surface area contributed by atoms with Gasteiger partial charge >= 0.3 is 0 Å². The lowest BCUT2D eigenvalue weighted by Gasteiger charge is -2.08. The monoisotopic (exact) mass is 259 g/mol. The summed E-state index contributed by atoms with van der Waals surface area (Å²) in [6, 6.07) is 8.12. The first-order chi connectivity index (χ1) is 9.20. The van der Waals surface area contributed by atoms with Crippen LogP contribution in [0.4, 0.5) is 0 Å². The first-order valence-corrected chi connectivity index (χ1v) is 6.66. The molecule has 0 bridgehead atoms. The van der Waals surface area contributed by atoms with E-state index in [1.165, 1.54) is 11.1 Å². The second kappa shape index (κ2) is 6.43. The standard InChI is InChI=1S/C16H21NO2/c1-4-17-10-14-7-8-18-16(14)11-19-15-6-5-12(2)13(3)9-15/h5-9,17H,4,10-11H2,1-3H3. The molecule has 19 heavy (non-hydrogen) atoms. The maximum atomic E-state index is 5.79. The van der Waals surface area contributed by atoms with Gasteiger partial charge in [0.25, 0.3) is 0 Å². The van der Waals surface area contributed by atoms with Crippen LogP contribution >= 0.6 is 0 Å². The lowest BCUT2D eigenvalue weighted by Crippen LogP contribution is -2.12. The van der Waals surface area contributed by atoms with Gasteiger partial charge in [0, 0.05) is 12.1 Å². The molecule has 1 heterocycles. The molecule has 0 aliphatic rings. The number of hydrogen-bond acceptors (Lipinski definition) is 3. The Balaban J connectivity index is 1.98. The van der Waals surface area contributed by atoms with Crippen molar-refractivity contribution < 1.29 is 9.15 Å². The third-order valence-corrected chi connectivity index (χ3v) is 3.25. The highest BCUT2D eigenvalue weighted by Gasteiger charge is 2.07. The molecule has 2 aromatic rings. The molecule has 0 saturated heterocycles. The van der Waals surface area contributed by atoms with Crippen LogP contribution < -0.4 is 10.1 Å². The predicted molar refractivity (Wildman–Crippen MR) is 76.3 cm³/mol. The zero-order valence-corrected chi connectivity index (χ0v) is 11.8. The van der Waals surface area contributed by atoms with Gasteiger partial charge in [0.15, 0.2) is 0 Å². The molecule has 0 saturated carbocycles. The van der Waals surface area contributed by atoms with E-state index in [2.05, 4.69) is 38.2 Å². The molecule has 0 fully saturated rings. The minimum Gasteiger partial charge on any atom is -0.486 e. The van der Waals surface area contributed by atoms with Gasteiger partial charge in [-0.2, -0.15) is 0 Å². The molecule has 3 heteroatoms. The van der Waals surface area contributed by atoms with Gasteiger partial charge < -0.3 is 14.5 Å². The van der Waals surface area contributed by atoms with Crippen LogP contribution in [0.2, 0.25) is 0 Å². The van der Waals surface area contributed by atoms with Crippen LogP contribution in [-0.2, 0) is 13.2 Å². The van der Waals surface area contributed by atoms with Crippen molar-refractivity contribution in [2.75, 3.05) is 6.54 Å². The molecular formula is C16H21NO2. The van der Waals surface area contributed by atoms with E-state index in [0.717, 1.165) is 30.2 Å². The number of furan rings is 1. The Bertz CT molecular complexity index is 531. The van der Waals surface area contributed by atoms with Crippen molar-refractivity contribution >= 4 is 0 Å². The Hall–Kier alpha value is -1.74. The van der Waals surface area contributed by atoms with E-state index in [9.17, 15) is 0 Å². The van der Waals surface area contributed by atoms with Crippen molar-refractivity contribution in [3.63, 3.8) is 0 Å². The first kappa shape index (κ1) is 13.7. The maximum absolute atomic E-state index is 5.79. The Morgan fingerprint density at radius 2 is 2.00 bits per heavy atom. The third-order valence-electron chi connectivity index (χ3n) is 3.25. The number of benzene rings is 1. The highest BCUT2D eigenvalue weighted by Crippen LogP contribution is 2.19. The van der Waals surface area contributed by atoms with Crippen LogP contribution in [-0.4, -0.2) is 6.54 Å². The molecule has 1 aromatic heterocycles. The molecule has 1 aromatic carbocycles. The summed E-state index contributed by atoms with van der Waals surface area (Å²) >= 11 is 0. The van der Waals surface area contributed by atoms with E-state index in [4.69, 9.17) is 9.15 Å². The second-order valence-corrected chi connectivity index (χ2v) is 4.68. The van der Waals surface area contributed by atoms with Crippen molar-refractivity contribution in [1.29, 1.82) is 0 Å². The van der Waals surface area contributed by atoms with Gasteiger partial charge in [-0.15, -0.1) is 0 Å². The number of ether oxygens (including phenoxy) is 1. The molecule has 3 nitrogen and oxygen atoms in total. The summed E-state index contributed by atoms with van der Waals surface area (Å²) in [7, 11) is 0. The van der Waals surface area contributed by atoms with Gasteiger partial charge in [-0.3, -0.25) is 0 Å². The van der Waals surface area contributed by atoms with Crippen molar-refractivity contribution in [3.05, 3.63) is 53.0 Å². The summed E-state index contributed by atoms with van der Waals surface area (Å²) in [5, 5.41) is 3.29. The largest absolute Gasteiger partial charge is 0.486 e. The number of aryl methyl sites for hydroxylation is 2. The van der Waals surface area contributed by atoms with Gasteiger partial charge in [0.1, 0.15) is 18.1 Å². The topological polar surface area (TPSA) is 34.4 Å². The molecule has 1 N–H and O–H groups in total. The van der Waals surface area contributed by atoms with Gasteiger partial charge in [-0.1, -0.05) is 13.0 Å². The van der Waals surface area contributed by atoms with E-state index in [1.807, 2.05) is 12.1 Å². The van der Waals surface area contributed by atoms with Crippen molar-refractivity contribution in [1.82, 2.24) is 5.32 Å². The van der Waals surface area contributed by atoms with E-state index < -0.39 is 0 Å². The van der Waals surface area contributed by atoms with E-state index >= 15 is 0 Å². The fourth-order valence-corrected chi connectivity index (χ4v) is 1.86. The molecule has 0 spiro atoms. The zero-order valence-electron chi connectivity index (χ0n) is 11.8. The van der Waals surface area contributed by atoms with Crippen LogP contribution in [0.25, 0.3) is 0 Å². The van der Waals surface area contributed by atoms with Gasteiger partial charge in [0.2, 0.25) is 0 Å². The SMILES string of the molecule is CCNCc1ccoc1COc1ccc(C)c(C)c1. The average Bonchev–Trinajstić information content (AvgIpc) is 2.85. The summed E-state index contributed by atoms with van der Waals surface area (Å²) in [5.74, 6) is 1.77. The Morgan fingerprint density at radius 3 is 2.74 bits per heavy atom. The molecule has 0 unspecified atom stereocenters. The van der Waals surface area contributed by atoms with E-state index in [-0.39, 0.29) is 0 Å². The summed E-state index contributed by atoms with van der Waals surface area (Å²) in [6.45, 7) is 8.51. The lowest BCUT2D eigenvalue weighted by molar-refractivity contribution is 0.268. The Kier molecular flexibility index (Phi) is 4.63. The molecule has 102 valence electrons. The summed E-state index contributed by atoms with van der Waals surface area (Å²) < 4.78 is 11.3. The van der Waals surface area contributed by atoms with Crippen LogP contribution in [0.15, 0.2) is 34.9 Å². The molecule has 0 atom stereocenters. The van der Waals surface area contributed by atoms with E-state index in [1.54, 1.807) is 6.26 Å². The van der Waals surface area contributed by atoms with Gasteiger partial charge in [-0.25, -0.2) is 0 Å². The number of rotatable bonds is 6. The normalized spacial score (nSPS) is 10.7. The fourth-order valence-electron chi connectivity index (χ4n) is 1.86. The number of hydrogen-bond donors (Lipinski definition) is 1. The minimum atomic E-state index is 0.468. The summed E-state index contributed by atoms with van der Waals surface area (Å²) in [6.07, 6.45) is 1.71. The van der Waals surface area contributed by atoms with Crippen LogP contribution in [0.3, 0.4) is 0 Å². The second-order valence-electron chi connectivity index (χ2n) is 4.68. The molecule has 0 aliphatic carbocycles. The summed E-state index contributed by atoms with van der Waals surface area (Å²) in [4.78, 5) is 0. The quantitative estimate of drug-likeness (QED) is 0.861. The minimum absolute atomic E-state index is 0.468. The van der Waals surface area contributed by atoms with Crippen molar-refractivity contribution in [2.24, 2.45) is 0 Å². The van der Waals surface area contributed by atoms with Crippen LogP contribution in [0, 0.1) is 13.8 Å². The first-order valence-electron chi connectivity index (χ1n) is 6.66. The average molecular weight is 259 g/mol. The van der Waals surface area contributed by atoms with Crippen molar-refractivity contribution in [2.45, 2.75) is 33.9 Å². The van der Waals surface area contributed by atoms with Crippen LogP contribution in [0.5, 0.6) is 5.75 Å². The van der Waals surface area contributed by atoms with Crippen molar-refractivity contribution in [3.8, 4) is 5.75 Å². The zero-order chi connectivity index (χ0) is 13.7. The Morgan fingerprint density at radius 1 is 1.16 bits per heavy atom. The molecular weight excluding hydrogens is 238 g/mol. The Labute approximate surface area is 114 Å². The summed E-state index contributed by atoms with van der Waals surface area (Å²) in [5.41, 5.74) is 3.67. The smallest absolute Gasteiger partial charge is 0.146 e. The lowest BCUT2D eigenvalue weighted by atomic mass is 10.1. The van der Waals surface area contributed by atoms with Gasteiger partial charge in [-0.05, 0) is 49.7 Å². The van der Waals surface area contributed by atoms with Gasteiger partial charge in [0.05, 0.1) is 6.26 Å². The molecule has 0 radical (unpaired) electrons. The highest BCUT2D eigenvalue weighted by molar-refractivity contribution is 5.34. The van der Waals surface area contributed by atoms with Crippen LogP contribution in [0.1, 0.15) is 29.4 Å². The highest BCUT2D eigenvalue weighted by atomic mass is 16.5. The molecule has 2 rings (SSSR count). The predicted octanol–water partition coefficient (Wildman–Crippen LogP) is 3.58. The number of nitrogens with one attached hydrogen (secondary N) is 1. The molecule has 0 aliphatic heterocycles. The fraction of sp³-hybridized carbons (Fsp3) is 0.375.